The maximum atomic E-state index is 14.4. The number of carbonyl (C=O) groups excluding carboxylic acids is 1. The number of imidazole rings is 1. The third-order valence-corrected chi connectivity index (χ3v) is 6.18. The summed E-state index contributed by atoms with van der Waals surface area (Å²) in [5.74, 6) is -0.515. The molecule has 0 radical (unpaired) electrons. The third kappa shape index (κ3) is 4.23. The van der Waals surface area contributed by atoms with Gasteiger partial charge in [-0.25, -0.2) is 9.37 Å². The van der Waals surface area contributed by atoms with Gasteiger partial charge in [-0.1, -0.05) is 13.0 Å². The number of pyridine rings is 1. The Hall–Kier alpha value is -3.26. The molecule has 1 amide bonds. The molecule has 1 fully saturated rings. The van der Waals surface area contributed by atoms with E-state index in [9.17, 15) is 9.18 Å². The van der Waals surface area contributed by atoms with Gasteiger partial charge in [0.2, 0.25) is 0 Å². The Morgan fingerprint density at radius 3 is 2.78 bits per heavy atom. The molecule has 7 nitrogen and oxygen atoms in total. The summed E-state index contributed by atoms with van der Waals surface area (Å²) in [6, 6.07) is 5.01. The normalized spacial score (nSPS) is 15.6. The van der Waals surface area contributed by atoms with Crippen LogP contribution in [0.25, 0.3) is 5.65 Å². The highest BCUT2D eigenvalue weighted by Crippen LogP contribution is 2.33. The summed E-state index contributed by atoms with van der Waals surface area (Å²) in [5, 5.41) is 2.76. The number of carbonyl (C=O) groups is 1. The van der Waals surface area contributed by atoms with E-state index < -0.39 is 11.7 Å². The van der Waals surface area contributed by atoms with Crippen molar-refractivity contribution in [3.8, 4) is 0 Å². The highest BCUT2D eigenvalue weighted by atomic mass is 19.1. The number of aromatic nitrogens is 2. The number of halogens is 1. The molecule has 0 unspecified atom stereocenters. The van der Waals surface area contributed by atoms with Crippen LogP contribution >= 0.6 is 0 Å². The highest BCUT2D eigenvalue weighted by Gasteiger charge is 2.24. The first-order valence-electron chi connectivity index (χ1n) is 10.9. The average Bonchev–Trinajstić information content (AvgIpc) is 3.16. The number of anilines is 2. The van der Waals surface area contributed by atoms with Gasteiger partial charge in [0.25, 0.3) is 5.91 Å². The van der Waals surface area contributed by atoms with Gasteiger partial charge in [0.15, 0.2) is 11.5 Å². The number of hydrogen-bond donors (Lipinski definition) is 2. The Bertz CT molecular complexity index is 1180. The lowest BCUT2D eigenvalue weighted by Gasteiger charge is -2.32. The Morgan fingerprint density at radius 1 is 1.34 bits per heavy atom. The van der Waals surface area contributed by atoms with Crippen molar-refractivity contribution >= 4 is 29.1 Å². The van der Waals surface area contributed by atoms with Crippen LogP contribution in [0.3, 0.4) is 0 Å². The van der Waals surface area contributed by atoms with Gasteiger partial charge >= 0.3 is 0 Å². The number of nitrogens with two attached hydrogens (primary N) is 1. The molecule has 0 spiro atoms. The summed E-state index contributed by atoms with van der Waals surface area (Å²) in [6.45, 7) is 7.12. The van der Waals surface area contributed by atoms with Gasteiger partial charge in [0.05, 0.1) is 22.6 Å². The van der Waals surface area contributed by atoms with Crippen molar-refractivity contribution in [3.05, 3.63) is 58.8 Å². The smallest absolute Gasteiger partial charge is 0.257 e. The van der Waals surface area contributed by atoms with E-state index in [1.165, 1.54) is 6.07 Å². The van der Waals surface area contributed by atoms with E-state index in [-0.39, 0.29) is 5.65 Å². The van der Waals surface area contributed by atoms with Crippen molar-refractivity contribution in [2.75, 3.05) is 37.7 Å². The van der Waals surface area contributed by atoms with E-state index in [0.29, 0.717) is 28.6 Å². The number of piperidine rings is 1. The number of aryl methyl sites for hydroxylation is 1. The fourth-order valence-corrected chi connectivity index (χ4v) is 4.49. The number of likely N-dealkylation sites (tertiary alicyclic amines) is 1. The lowest BCUT2D eigenvalue weighted by Crippen LogP contribution is -2.33. The monoisotopic (exact) mass is 436 g/mol. The largest absolute Gasteiger partial charge is 0.398 e. The van der Waals surface area contributed by atoms with Crippen LogP contribution in [0.4, 0.5) is 15.8 Å². The van der Waals surface area contributed by atoms with Crippen LogP contribution in [0.1, 0.15) is 52.9 Å². The van der Waals surface area contributed by atoms with E-state index in [1.54, 1.807) is 43.0 Å². The maximum Gasteiger partial charge on any atom is 0.257 e. The maximum absolute atomic E-state index is 14.4. The van der Waals surface area contributed by atoms with Crippen molar-refractivity contribution in [2.45, 2.75) is 32.6 Å². The molecule has 3 heterocycles. The van der Waals surface area contributed by atoms with E-state index in [1.807, 2.05) is 6.07 Å². The van der Waals surface area contributed by atoms with Gasteiger partial charge in [-0.2, -0.15) is 0 Å². The number of fused-ring (bicyclic) bond motifs is 1. The van der Waals surface area contributed by atoms with E-state index >= 15 is 0 Å². The van der Waals surface area contributed by atoms with Crippen LogP contribution in [0, 0.1) is 12.7 Å². The third-order valence-electron chi connectivity index (χ3n) is 6.18. The van der Waals surface area contributed by atoms with Gasteiger partial charge < -0.3 is 20.4 Å². The number of rotatable bonds is 5. The number of benzene rings is 1. The number of nitrogen functional groups attached to an aromatic ring is 1. The van der Waals surface area contributed by atoms with Gasteiger partial charge in [-0.15, -0.1) is 0 Å². The molecule has 0 bridgehead atoms. The van der Waals surface area contributed by atoms with Crippen molar-refractivity contribution in [1.29, 1.82) is 0 Å². The standard InChI is InChI=1S/C24H29FN6O/c1-4-30-9-7-16(8-10-30)18-5-6-19(22(26)20(18)12-27-3)24(32)29-17-11-21(25)23-28-15(2)13-31(23)14-17/h5-6,11-14,16H,4,7-10,26H2,1-3H3,(H,29,32). The van der Waals surface area contributed by atoms with Gasteiger partial charge in [0, 0.05) is 37.3 Å². The quantitative estimate of drug-likeness (QED) is 0.470. The average molecular weight is 437 g/mol. The molecule has 0 atom stereocenters. The number of nitrogens with one attached hydrogen (secondary N) is 1. The van der Waals surface area contributed by atoms with Crippen molar-refractivity contribution in [1.82, 2.24) is 14.3 Å². The molecule has 0 aliphatic carbocycles. The Labute approximate surface area is 187 Å². The predicted octanol–water partition coefficient (Wildman–Crippen LogP) is 3.86. The van der Waals surface area contributed by atoms with Crippen molar-refractivity contribution in [2.24, 2.45) is 4.99 Å². The zero-order valence-electron chi connectivity index (χ0n) is 18.7. The number of hydrogen-bond acceptors (Lipinski definition) is 5. The van der Waals surface area contributed by atoms with Gasteiger partial charge in [0.1, 0.15) is 0 Å². The summed E-state index contributed by atoms with van der Waals surface area (Å²) in [6.07, 6.45) is 7.17. The number of aliphatic imine (C=N–C) groups is 1. The number of nitrogens with zero attached hydrogens (tertiary/aromatic N) is 4. The molecule has 4 rings (SSSR count). The molecule has 1 aliphatic rings. The van der Waals surface area contributed by atoms with Crippen LogP contribution in [-0.4, -0.2) is 53.1 Å². The first kappa shape index (κ1) is 22.0. The second-order valence-electron chi connectivity index (χ2n) is 8.27. The molecule has 8 heteroatoms. The molecule has 1 aliphatic heterocycles. The lowest BCUT2D eigenvalue weighted by atomic mass is 9.85. The fourth-order valence-electron chi connectivity index (χ4n) is 4.49. The van der Waals surface area contributed by atoms with Gasteiger partial charge in [-0.05, 0) is 56.9 Å². The van der Waals surface area contributed by atoms with Crippen LogP contribution in [0.15, 0.2) is 35.6 Å². The van der Waals surface area contributed by atoms with Crippen LogP contribution in [0.5, 0.6) is 0 Å². The first-order valence-corrected chi connectivity index (χ1v) is 10.9. The van der Waals surface area contributed by atoms with E-state index in [0.717, 1.165) is 43.6 Å². The first-order chi connectivity index (χ1) is 15.4. The summed E-state index contributed by atoms with van der Waals surface area (Å²) in [4.78, 5) is 23.8. The molecule has 1 saturated heterocycles. The topological polar surface area (TPSA) is 88.0 Å². The van der Waals surface area contributed by atoms with E-state index in [4.69, 9.17) is 5.73 Å². The molecule has 1 aromatic carbocycles. The summed E-state index contributed by atoms with van der Waals surface area (Å²) >= 11 is 0. The zero-order valence-corrected chi connectivity index (χ0v) is 18.7. The zero-order chi connectivity index (χ0) is 22.8. The molecule has 168 valence electrons. The Morgan fingerprint density at radius 2 is 2.09 bits per heavy atom. The SMILES string of the molecule is CCN1CCC(c2ccc(C(=O)Nc3cc(F)c4nc(C)cn4c3)c(N)c2C=NC)CC1. The lowest BCUT2D eigenvalue weighted by molar-refractivity contribution is 0.102. The molecular weight excluding hydrogens is 407 g/mol. The van der Waals surface area contributed by atoms with Crippen LogP contribution in [-0.2, 0) is 0 Å². The summed E-state index contributed by atoms with van der Waals surface area (Å²) < 4.78 is 15.9. The Balaban J connectivity index is 1.62. The minimum atomic E-state index is -0.503. The molecule has 2 aromatic heterocycles. The van der Waals surface area contributed by atoms with Crippen molar-refractivity contribution < 1.29 is 9.18 Å². The van der Waals surface area contributed by atoms with Crippen LogP contribution in [0.2, 0.25) is 0 Å². The second-order valence-corrected chi connectivity index (χ2v) is 8.27. The summed E-state index contributed by atoms with van der Waals surface area (Å²) in [7, 11) is 1.70. The summed E-state index contributed by atoms with van der Waals surface area (Å²) in [5.41, 5.74) is 10.4. The highest BCUT2D eigenvalue weighted by molar-refractivity contribution is 6.10. The van der Waals surface area contributed by atoms with Crippen molar-refractivity contribution in [3.63, 3.8) is 0 Å². The molecule has 3 aromatic rings. The fraction of sp³-hybridized carbons (Fsp3) is 0.375. The minimum absolute atomic E-state index is 0.222. The van der Waals surface area contributed by atoms with Crippen LogP contribution < -0.4 is 11.1 Å². The van der Waals surface area contributed by atoms with Gasteiger partial charge in [-0.3, -0.25) is 9.79 Å². The second kappa shape index (κ2) is 9.08. The predicted molar refractivity (Wildman–Crippen MR) is 126 cm³/mol. The molecule has 0 saturated carbocycles. The number of amides is 1. The Kier molecular flexibility index (Phi) is 6.23. The molecular formula is C24H29FN6O. The molecule has 3 N–H and O–H groups in total. The van der Waals surface area contributed by atoms with E-state index in [2.05, 4.69) is 27.1 Å². The molecule has 32 heavy (non-hydrogen) atoms. The minimum Gasteiger partial charge on any atom is -0.398 e.